The molecule has 6 nitrogen and oxygen atoms in total. The van der Waals surface area contributed by atoms with Gasteiger partial charge in [0.25, 0.3) is 0 Å². The predicted octanol–water partition coefficient (Wildman–Crippen LogP) is 4.65. The molecule has 4 rings (SSSR count). The van der Waals surface area contributed by atoms with Gasteiger partial charge in [-0.3, -0.25) is 4.79 Å². The largest absolute Gasteiger partial charge is 0.489 e. The van der Waals surface area contributed by atoms with Gasteiger partial charge >= 0.3 is 0 Å². The molecule has 1 heterocycles. The molecule has 3 aromatic rings. The first-order valence-electron chi connectivity index (χ1n) is 9.90. The van der Waals surface area contributed by atoms with Gasteiger partial charge in [-0.15, -0.1) is 10.2 Å². The van der Waals surface area contributed by atoms with E-state index >= 15 is 0 Å². The number of carbonyl (C=O) groups excluding carboxylic acids is 1. The first kappa shape index (κ1) is 20.0. The lowest BCUT2D eigenvalue weighted by Gasteiger charge is -2.14. The third kappa shape index (κ3) is 3.79. The van der Waals surface area contributed by atoms with Crippen LogP contribution in [0.3, 0.4) is 0 Å². The molecule has 2 aromatic carbocycles. The molecule has 1 unspecified atom stereocenters. The fraction of sp³-hybridized carbons (Fsp3) is 0.304. The van der Waals surface area contributed by atoms with Crippen LogP contribution in [-0.4, -0.2) is 22.2 Å². The summed E-state index contributed by atoms with van der Waals surface area (Å²) in [5, 5.41) is 22.9. The van der Waals surface area contributed by atoms with Crippen LogP contribution >= 0.6 is 11.3 Å². The molecule has 0 radical (unpaired) electrons. The van der Waals surface area contributed by atoms with E-state index in [1.165, 1.54) is 16.9 Å². The third-order valence-electron chi connectivity index (χ3n) is 5.02. The van der Waals surface area contributed by atoms with Crippen LogP contribution < -0.4 is 10.1 Å². The fourth-order valence-corrected chi connectivity index (χ4v) is 4.77. The van der Waals surface area contributed by atoms with Gasteiger partial charge in [-0.05, 0) is 49.9 Å². The van der Waals surface area contributed by atoms with Gasteiger partial charge in [-0.25, -0.2) is 0 Å². The van der Waals surface area contributed by atoms with Crippen molar-refractivity contribution in [3.8, 4) is 33.0 Å². The second-order valence-electron chi connectivity index (χ2n) is 7.54. The summed E-state index contributed by atoms with van der Waals surface area (Å²) in [5.41, 5.74) is 4.66. The first-order valence-corrected chi connectivity index (χ1v) is 10.7. The van der Waals surface area contributed by atoms with Crippen molar-refractivity contribution in [3.63, 3.8) is 0 Å². The second kappa shape index (κ2) is 8.25. The molecule has 0 bridgehead atoms. The number of rotatable bonds is 5. The Kier molecular flexibility index (Phi) is 5.51. The molecular weight excluding hydrogens is 396 g/mol. The van der Waals surface area contributed by atoms with Gasteiger partial charge in [-0.1, -0.05) is 35.6 Å². The van der Waals surface area contributed by atoms with Gasteiger partial charge < -0.3 is 10.1 Å². The van der Waals surface area contributed by atoms with E-state index in [2.05, 4.69) is 33.7 Å². The normalized spacial score (nSPS) is 15.0. The van der Waals surface area contributed by atoms with E-state index in [0.717, 1.165) is 34.5 Å². The molecule has 1 aliphatic rings. The molecule has 152 valence electrons. The number of nitrogens with zero attached hydrogens (tertiary/aromatic N) is 3. The SMILES string of the molecule is CC(=O)NC1CCc2c(-c3nnc(-c4cccc(C#N)c4OC(C)C)s3)cccc21. The molecule has 0 aliphatic heterocycles. The molecule has 1 amide bonds. The lowest BCUT2D eigenvalue weighted by Crippen LogP contribution is -2.24. The number of aromatic nitrogens is 2. The van der Waals surface area contributed by atoms with Crippen LogP contribution in [0.15, 0.2) is 36.4 Å². The van der Waals surface area contributed by atoms with Crippen molar-refractivity contribution < 1.29 is 9.53 Å². The molecule has 0 fully saturated rings. The number of amides is 1. The molecule has 1 aliphatic carbocycles. The zero-order chi connectivity index (χ0) is 21.3. The Morgan fingerprint density at radius 3 is 2.60 bits per heavy atom. The Morgan fingerprint density at radius 1 is 1.20 bits per heavy atom. The summed E-state index contributed by atoms with van der Waals surface area (Å²) in [6.07, 6.45) is 1.71. The standard InChI is InChI=1S/C23H22N4O2S/c1-13(2)29-21-15(12-24)6-4-9-19(21)23-27-26-22(30-23)18-8-5-7-17-16(18)10-11-20(17)25-14(3)28/h4-9,13,20H,10-11H2,1-3H3,(H,25,28). The maximum absolute atomic E-state index is 11.5. The molecule has 0 saturated carbocycles. The lowest BCUT2D eigenvalue weighted by molar-refractivity contribution is -0.119. The molecule has 1 atom stereocenters. The van der Waals surface area contributed by atoms with Crippen molar-refractivity contribution in [3.05, 3.63) is 53.1 Å². The minimum Gasteiger partial charge on any atom is -0.489 e. The number of fused-ring (bicyclic) bond motifs is 1. The van der Waals surface area contributed by atoms with Crippen molar-refractivity contribution >= 4 is 17.2 Å². The second-order valence-corrected chi connectivity index (χ2v) is 8.52. The van der Waals surface area contributed by atoms with E-state index < -0.39 is 0 Å². The Hall–Kier alpha value is -3.24. The van der Waals surface area contributed by atoms with Crippen molar-refractivity contribution in [2.45, 2.75) is 45.8 Å². The quantitative estimate of drug-likeness (QED) is 0.651. The van der Waals surface area contributed by atoms with Gasteiger partial charge in [0, 0.05) is 12.5 Å². The minimum absolute atomic E-state index is 0.0217. The van der Waals surface area contributed by atoms with Crippen LogP contribution in [0, 0.1) is 11.3 Å². The van der Waals surface area contributed by atoms with Crippen LogP contribution in [0.5, 0.6) is 5.75 Å². The Morgan fingerprint density at radius 2 is 1.90 bits per heavy atom. The van der Waals surface area contributed by atoms with Crippen LogP contribution in [0.1, 0.15) is 49.9 Å². The number of carbonyl (C=O) groups is 1. The number of nitriles is 1. The molecule has 1 N–H and O–H groups in total. The molecule has 7 heteroatoms. The highest BCUT2D eigenvalue weighted by atomic mass is 32.1. The maximum Gasteiger partial charge on any atom is 0.217 e. The van der Waals surface area contributed by atoms with E-state index in [4.69, 9.17) is 4.74 Å². The summed E-state index contributed by atoms with van der Waals surface area (Å²) >= 11 is 1.48. The van der Waals surface area contributed by atoms with Crippen LogP contribution in [-0.2, 0) is 11.2 Å². The summed E-state index contributed by atoms with van der Waals surface area (Å²) in [5.74, 6) is 0.522. The third-order valence-corrected chi connectivity index (χ3v) is 6.01. The zero-order valence-electron chi connectivity index (χ0n) is 17.1. The highest BCUT2D eigenvalue weighted by molar-refractivity contribution is 7.18. The smallest absolute Gasteiger partial charge is 0.217 e. The minimum atomic E-state index is -0.0613. The van der Waals surface area contributed by atoms with Gasteiger partial charge in [-0.2, -0.15) is 5.26 Å². The van der Waals surface area contributed by atoms with E-state index in [1.54, 1.807) is 13.0 Å². The summed E-state index contributed by atoms with van der Waals surface area (Å²) in [6.45, 7) is 5.41. The van der Waals surface area contributed by atoms with Crippen molar-refractivity contribution in [2.24, 2.45) is 0 Å². The molecule has 1 aromatic heterocycles. The lowest BCUT2D eigenvalue weighted by atomic mass is 10.0. The molecule has 30 heavy (non-hydrogen) atoms. The predicted molar refractivity (Wildman–Crippen MR) is 116 cm³/mol. The topological polar surface area (TPSA) is 87.9 Å². The van der Waals surface area contributed by atoms with Crippen molar-refractivity contribution in [1.29, 1.82) is 5.26 Å². The number of ether oxygens (including phenoxy) is 1. The van der Waals surface area contributed by atoms with Crippen LogP contribution in [0.25, 0.3) is 21.1 Å². The van der Waals surface area contributed by atoms with E-state index in [1.807, 2.05) is 32.0 Å². The van der Waals surface area contributed by atoms with Gasteiger partial charge in [0.05, 0.1) is 23.3 Å². The zero-order valence-corrected chi connectivity index (χ0v) is 17.9. The number of nitrogens with one attached hydrogen (secondary N) is 1. The van der Waals surface area contributed by atoms with E-state index in [9.17, 15) is 10.1 Å². The number of hydrogen-bond acceptors (Lipinski definition) is 6. The van der Waals surface area contributed by atoms with E-state index in [0.29, 0.717) is 16.3 Å². The van der Waals surface area contributed by atoms with Crippen molar-refractivity contribution in [1.82, 2.24) is 15.5 Å². The Balaban J connectivity index is 1.73. The van der Waals surface area contributed by atoms with Crippen LogP contribution in [0.2, 0.25) is 0 Å². The Bertz CT molecular complexity index is 1150. The molecule has 0 spiro atoms. The number of para-hydroxylation sites is 1. The average Bonchev–Trinajstić information content (AvgIpc) is 3.35. The summed E-state index contributed by atoms with van der Waals surface area (Å²) < 4.78 is 5.94. The summed E-state index contributed by atoms with van der Waals surface area (Å²) in [6, 6.07) is 13.9. The molecular formula is C23H22N4O2S. The number of benzene rings is 2. The van der Waals surface area contributed by atoms with Crippen molar-refractivity contribution in [2.75, 3.05) is 0 Å². The monoisotopic (exact) mass is 418 g/mol. The maximum atomic E-state index is 11.5. The first-order chi connectivity index (χ1) is 14.5. The van der Waals surface area contributed by atoms with Gasteiger partial charge in [0.15, 0.2) is 5.01 Å². The summed E-state index contributed by atoms with van der Waals surface area (Å²) in [4.78, 5) is 11.5. The highest BCUT2D eigenvalue weighted by Crippen LogP contribution is 2.41. The fourth-order valence-electron chi connectivity index (χ4n) is 3.85. The van der Waals surface area contributed by atoms with Crippen LogP contribution in [0.4, 0.5) is 0 Å². The van der Waals surface area contributed by atoms with Gasteiger partial charge in [0.1, 0.15) is 16.8 Å². The van der Waals surface area contributed by atoms with Gasteiger partial charge in [0.2, 0.25) is 5.91 Å². The highest BCUT2D eigenvalue weighted by Gasteiger charge is 2.27. The number of hydrogen-bond donors (Lipinski definition) is 1. The average molecular weight is 419 g/mol. The Labute approximate surface area is 179 Å². The summed E-state index contributed by atoms with van der Waals surface area (Å²) in [7, 11) is 0. The van der Waals surface area contributed by atoms with E-state index in [-0.39, 0.29) is 18.1 Å². The molecule has 0 saturated heterocycles.